The lowest BCUT2D eigenvalue weighted by Gasteiger charge is -2.11. The zero-order chi connectivity index (χ0) is 12.6. The Balaban J connectivity index is 2.93. The molecule has 4 heteroatoms. The first-order valence-electron chi connectivity index (χ1n) is 5.54. The summed E-state index contributed by atoms with van der Waals surface area (Å²) < 4.78 is 27.8. The first-order chi connectivity index (χ1) is 8.08. The molecule has 0 amide bonds. The maximum absolute atomic E-state index is 14.0. The number of anilines is 1. The molecule has 0 aliphatic rings. The summed E-state index contributed by atoms with van der Waals surface area (Å²) in [6, 6.07) is 2.94. The average molecular weight is 236 g/mol. The number of fused-ring (bicyclic) bond motifs is 1. The van der Waals surface area contributed by atoms with E-state index in [9.17, 15) is 8.78 Å². The Hall–Kier alpha value is -1.71. The van der Waals surface area contributed by atoms with E-state index in [-0.39, 0.29) is 16.5 Å². The van der Waals surface area contributed by atoms with Crippen LogP contribution in [0.5, 0.6) is 0 Å². The standard InChI is InChI=1S/C13H14F2N2/c1-4-8-6-10(16-3)11-12(15)7(2)5-9(14)13(11)17-8/h5-6H,4H2,1-3H3,(H,16,17). The van der Waals surface area contributed by atoms with Crippen LogP contribution in [-0.4, -0.2) is 12.0 Å². The van der Waals surface area contributed by atoms with Crippen LogP contribution in [0.3, 0.4) is 0 Å². The molecule has 1 aromatic carbocycles. The van der Waals surface area contributed by atoms with Crippen molar-refractivity contribution < 1.29 is 8.78 Å². The quantitative estimate of drug-likeness (QED) is 0.864. The molecule has 0 aliphatic carbocycles. The van der Waals surface area contributed by atoms with Gasteiger partial charge in [-0.1, -0.05) is 6.92 Å². The fourth-order valence-corrected chi connectivity index (χ4v) is 1.89. The minimum absolute atomic E-state index is 0.0943. The molecule has 2 aromatic rings. The third-order valence-corrected chi connectivity index (χ3v) is 2.84. The van der Waals surface area contributed by atoms with Gasteiger partial charge in [0.1, 0.15) is 17.2 Å². The van der Waals surface area contributed by atoms with E-state index in [1.54, 1.807) is 20.0 Å². The number of hydrogen-bond acceptors (Lipinski definition) is 2. The summed E-state index contributed by atoms with van der Waals surface area (Å²) in [4.78, 5) is 4.15. The van der Waals surface area contributed by atoms with Crippen LogP contribution in [0.1, 0.15) is 18.2 Å². The minimum Gasteiger partial charge on any atom is -0.387 e. The highest BCUT2D eigenvalue weighted by molar-refractivity contribution is 5.93. The van der Waals surface area contributed by atoms with Gasteiger partial charge in [0.25, 0.3) is 0 Å². The lowest BCUT2D eigenvalue weighted by atomic mass is 10.1. The van der Waals surface area contributed by atoms with Gasteiger partial charge in [0, 0.05) is 18.4 Å². The molecule has 17 heavy (non-hydrogen) atoms. The molecule has 0 unspecified atom stereocenters. The number of nitrogens with zero attached hydrogens (tertiary/aromatic N) is 1. The molecule has 0 spiro atoms. The van der Waals surface area contributed by atoms with E-state index in [0.717, 1.165) is 5.69 Å². The summed E-state index contributed by atoms with van der Waals surface area (Å²) >= 11 is 0. The fraction of sp³-hybridized carbons (Fsp3) is 0.308. The van der Waals surface area contributed by atoms with Crippen LogP contribution < -0.4 is 5.32 Å². The number of hydrogen-bond donors (Lipinski definition) is 1. The van der Waals surface area contributed by atoms with Crippen molar-refractivity contribution >= 4 is 16.6 Å². The van der Waals surface area contributed by atoms with Gasteiger partial charge in [0.2, 0.25) is 0 Å². The van der Waals surface area contributed by atoms with Crippen LogP contribution in [0, 0.1) is 18.6 Å². The Morgan fingerprint density at radius 3 is 2.59 bits per heavy atom. The van der Waals surface area contributed by atoms with Gasteiger partial charge in [-0.05, 0) is 31.0 Å². The van der Waals surface area contributed by atoms with Crippen molar-refractivity contribution in [3.05, 3.63) is 35.0 Å². The first kappa shape index (κ1) is 11.8. The Labute approximate surface area is 98.7 Å². The largest absolute Gasteiger partial charge is 0.387 e. The molecule has 1 N–H and O–H groups in total. The molecule has 2 nitrogen and oxygen atoms in total. The topological polar surface area (TPSA) is 24.9 Å². The molecule has 0 saturated carbocycles. The Kier molecular flexibility index (Phi) is 2.96. The van der Waals surface area contributed by atoms with Gasteiger partial charge < -0.3 is 5.32 Å². The first-order valence-corrected chi connectivity index (χ1v) is 5.54. The van der Waals surface area contributed by atoms with Crippen molar-refractivity contribution in [2.45, 2.75) is 20.3 Å². The van der Waals surface area contributed by atoms with Crippen molar-refractivity contribution in [2.24, 2.45) is 0 Å². The van der Waals surface area contributed by atoms with Crippen molar-refractivity contribution in [3.63, 3.8) is 0 Å². The summed E-state index contributed by atoms with van der Waals surface area (Å²) in [5.74, 6) is -0.897. The summed E-state index contributed by atoms with van der Waals surface area (Å²) in [5.41, 5.74) is 1.70. The molecule has 0 bridgehead atoms. The van der Waals surface area contributed by atoms with E-state index in [4.69, 9.17) is 0 Å². The van der Waals surface area contributed by atoms with Crippen molar-refractivity contribution in [3.8, 4) is 0 Å². The van der Waals surface area contributed by atoms with Crippen molar-refractivity contribution in [1.29, 1.82) is 0 Å². The zero-order valence-corrected chi connectivity index (χ0v) is 10.1. The predicted octanol–water partition coefficient (Wildman–Crippen LogP) is 3.43. The molecule has 0 fully saturated rings. The van der Waals surface area contributed by atoms with Crippen LogP contribution in [-0.2, 0) is 6.42 Å². The van der Waals surface area contributed by atoms with E-state index in [0.29, 0.717) is 12.1 Å². The smallest absolute Gasteiger partial charge is 0.149 e. The zero-order valence-electron chi connectivity index (χ0n) is 10.1. The molecule has 1 aromatic heterocycles. The van der Waals surface area contributed by atoms with Gasteiger partial charge in [-0.2, -0.15) is 0 Å². The van der Waals surface area contributed by atoms with Gasteiger partial charge in [-0.15, -0.1) is 0 Å². The Morgan fingerprint density at radius 1 is 1.29 bits per heavy atom. The van der Waals surface area contributed by atoms with Gasteiger partial charge in [-0.3, -0.25) is 0 Å². The van der Waals surface area contributed by atoms with E-state index in [2.05, 4.69) is 10.3 Å². The highest BCUT2D eigenvalue weighted by Gasteiger charge is 2.15. The van der Waals surface area contributed by atoms with E-state index in [1.807, 2.05) is 6.92 Å². The van der Waals surface area contributed by atoms with Gasteiger partial charge in [0.05, 0.1) is 5.39 Å². The predicted molar refractivity (Wildman–Crippen MR) is 65.3 cm³/mol. The number of pyridine rings is 1. The normalized spacial score (nSPS) is 10.9. The van der Waals surface area contributed by atoms with Gasteiger partial charge in [-0.25, -0.2) is 13.8 Å². The summed E-state index contributed by atoms with van der Waals surface area (Å²) in [5, 5.41) is 3.12. The maximum Gasteiger partial charge on any atom is 0.149 e. The molecular weight excluding hydrogens is 222 g/mol. The minimum atomic E-state index is -0.481. The fourth-order valence-electron chi connectivity index (χ4n) is 1.89. The lowest BCUT2D eigenvalue weighted by Crippen LogP contribution is -2.00. The molecule has 2 rings (SSSR count). The molecule has 0 aliphatic heterocycles. The van der Waals surface area contributed by atoms with E-state index < -0.39 is 11.6 Å². The Bertz CT molecular complexity index is 579. The van der Waals surface area contributed by atoms with Gasteiger partial charge >= 0.3 is 0 Å². The molecule has 0 atom stereocenters. The van der Waals surface area contributed by atoms with Crippen LogP contribution in [0.15, 0.2) is 12.1 Å². The third-order valence-electron chi connectivity index (χ3n) is 2.84. The second kappa shape index (κ2) is 4.28. The van der Waals surface area contributed by atoms with E-state index in [1.165, 1.54) is 6.07 Å². The number of nitrogens with one attached hydrogen (secondary N) is 1. The second-order valence-electron chi connectivity index (χ2n) is 3.98. The number of benzene rings is 1. The van der Waals surface area contributed by atoms with Crippen molar-refractivity contribution in [2.75, 3.05) is 12.4 Å². The SMILES string of the molecule is CCc1cc(NC)c2c(F)c(C)cc(F)c2n1. The Morgan fingerprint density at radius 2 is 2.00 bits per heavy atom. The third kappa shape index (κ3) is 1.84. The lowest BCUT2D eigenvalue weighted by molar-refractivity contribution is 0.607. The van der Waals surface area contributed by atoms with Crippen molar-refractivity contribution in [1.82, 2.24) is 4.98 Å². The molecule has 90 valence electrons. The number of aromatic nitrogens is 1. The maximum atomic E-state index is 14.0. The van der Waals surface area contributed by atoms with E-state index >= 15 is 0 Å². The second-order valence-corrected chi connectivity index (χ2v) is 3.98. The highest BCUT2D eigenvalue weighted by Crippen LogP contribution is 2.29. The number of aryl methyl sites for hydroxylation is 2. The summed E-state index contributed by atoms with van der Waals surface area (Å²) in [7, 11) is 1.69. The molecule has 1 heterocycles. The molecule has 0 saturated heterocycles. The van der Waals surface area contributed by atoms with Crippen LogP contribution in [0.25, 0.3) is 10.9 Å². The molecular formula is C13H14F2N2. The van der Waals surface area contributed by atoms with Crippen LogP contribution in [0.2, 0.25) is 0 Å². The highest BCUT2D eigenvalue weighted by atomic mass is 19.1. The monoisotopic (exact) mass is 236 g/mol. The summed E-state index contributed by atoms with van der Waals surface area (Å²) in [6.07, 6.45) is 0.680. The number of rotatable bonds is 2. The average Bonchev–Trinajstić information content (AvgIpc) is 2.34. The van der Waals surface area contributed by atoms with Crippen LogP contribution >= 0.6 is 0 Å². The van der Waals surface area contributed by atoms with Gasteiger partial charge in [0.15, 0.2) is 0 Å². The number of halogens is 2. The van der Waals surface area contributed by atoms with Crippen LogP contribution in [0.4, 0.5) is 14.5 Å². The summed E-state index contributed by atoms with van der Waals surface area (Å²) in [6.45, 7) is 3.47. The molecule has 0 radical (unpaired) electrons.